The molecule has 11 heavy (non-hydrogen) atoms. The van der Waals surface area contributed by atoms with Gasteiger partial charge in [0.2, 0.25) is 0 Å². The fourth-order valence-corrected chi connectivity index (χ4v) is 37.4. The van der Waals surface area contributed by atoms with Crippen LogP contribution in [0.5, 0.6) is 0 Å². The number of allylic oxidation sites excluding steroid dienone is 3. The van der Waals surface area contributed by atoms with Crippen LogP contribution in [-0.2, 0) is 0 Å². The number of rotatable bonds is 0. The molecule has 0 atom stereocenters. The molecule has 0 bridgehead atoms. The molecule has 62 valence electrons. The van der Waals surface area contributed by atoms with Gasteiger partial charge >= 0.3 is 90.2 Å². The third-order valence-electron chi connectivity index (χ3n) is 1.09. The molecule has 0 spiro atoms. The van der Waals surface area contributed by atoms with E-state index in [2.05, 4.69) is 23.2 Å². The molecule has 0 N–H and O–H groups in total. The molecule has 4 heteroatoms. The van der Waals surface area contributed by atoms with Gasteiger partial charge in [0.05, 0.1) is 0 Å². The van der Waals surface area contributed by atoms with E-state index in [1.54, 1.807) is 0 Å². The normalized spacial score (nSPS) is 26.9. The van der Waals surface area contributed by atoms with Crippen LogP contribution in [0.2, 0.25) is 5.32 Å². The molecule has 0 aromatic rings. The Morgan fingerprint density at radius 1 is 1.09 bits per heavy atom. The average Bonchev–Trinajstić information content (AvgIpc) is 2.08. The predicted molar refractivity (Wildman–Crippen MR) is 55.3 cm³/mol. The maximum absolute atomic E-state index is 2.40. The summed E-state index contributed by atoms with van der Waals surface area (Å²) in [6.45, 7) is 0. The zero-order chi connectivity index (χ0) is 7.78. The first-order valence-corrected chi connectivity index (χ1v) is 18.6. The van der Waals surface area contributed by atoms with Gasteiger partial charge in [0.25, 0.3) is 0 Å². The SMILES string of the molecule is C1=C\CCC[Se][Se][Se][Se]\C=C/1. The van der Waals surface area contributed by atoms with Gasteiger partial charge in [-0.1, -0.05) is 0 Å². The zero-order valence-electron chi connectivity index (χ0n) is 6.06. The van der Waals surface area contributed by atoms with Crippen molar-refractivity contribution in [2.24, 2.45) is 0 Å². The van der Waals surface area contributed by atoms with E-state index < -0.39 is 0 Å². The first kappa shape index (κ1) is 10.6. The van der Waals surface area contributed by atoms with Crippen molar-refractivity contribution in [3.8, 4) is 0 Å². The van der Waals surface area contributed by atoms with E-state index in [-0.39, 0.29) is 0 Å². The van der Waals surface area contributed by atoms with Crippen molar-refractivity contribution in [3.05, 3.63) is 23.2 Å². The monoisotopic (exact) mass is 414 g/mol. The summed E-state index contributed by atoms with van der Waals surface area (Å²) in [5.74, 6) is 0. The summed E-state index contributed by atoms with van der Waals surface area (Å²) in [5, 5.41) is 1.54. The first-order chi connectivity index (χ1) is 5.50. The second kappa shape index (κ2) is 8.17. The Bertz CT molecular complexity index is 125. The topological polar surface area (TPSA) is 0 Å². The summed E-state index contributed by atoms with van der Waals surface area (Å²) in [6.07, 6.45) is 9.53. The average molecular weight is 410 g/mol. The van der Waals surface area contributed by atoms with Gasteiger partial charge in [-0.3, -0.25) is 0 Å². The van der Waals surface area contributed by atoms with Crippen LogP contribution in [0.4, 0.5) is 0 Å². The molecule has 0 radical (unpaired) electrons. The Labute approximate surface area is 89.3 Å². The van der Waals surface area contributed by atoms with Crippen LogP contribution < -0.4 is 0 Å². The molecule has 1 heterocycles. The first-order valence-electron chi connectivity index (χ1n) is 3.43. The minimum atomic E-state index is 0.878. The standard InChI is InChI=1S/C7H10Se4/c1-2-4-6-8-10-11-9-7-5-3-1/h1-2,4,6H,3,5,7H2/b2-1-,6-4-. The van der Waals surface area contributed by atoms with Crippen molar-refractivity contribution >= 4 is 48.9 Å². The molecule has 1 aliphatic heterocycles. The summed E-state index contributed by atoms with van der Waals surface area (Å²) < 4.78 is 0. The maximum atomic E-state index is 2.40. The van der Waals surface area contributed by atoms with Crippen molar-refractivity contribution in [2.75, 3.05) is 0 Å². The molecular formula is C7H10Se4. The Kier molecular flexibility index (Phi) is 7.90. The molecular weight excluding hydrogens is 400 g/mol. The summed E-state index contributed by atoms with van der Waals surface area (Å²) in [4.78, 5) is 2.40. The van der Waals surface area contributed by atoms with Gasteiger partial charge in [-0.05, 0) is 0 Å². The van der Waals surface area contributed by atoms with Crippen molar-refractivity contribution in [1.29, 1.82) is 0 Å². The van der Waals surface area contributed by atoms with Crippen LogP contribution in [0.3, 0.4) is 0 Å². The van der Waals surface area contributed by atoms with Gasteiger partial charge in [-0.2, -0.15) is 0 Å². The van der Waals surface area contributed by atoms with Crippen LogP contribution in [0.1, 0.15) is 12.8 Å². The van der Waals surface area contributed by atoms with Gasteiger partial charge in [-0.15, -0.1) is 0 Å². The van der Waals surface area contributed by atoms with Gasteiger partial charge in [-0.25, -0.2) is 0 Å². The molecule has 0 nitrogen and oxygen atoms in total. The van der Waals surface area contributed by atoms with Crippen LogP contribution in [0, 0.1) is 0 Å². The van der Waals surface area contributed by atoms with Gasteiger partial charge in [0.15, 0.2) is 0 Å². The van der Waals surface area contributed by atoms with E-state index in [9.17, 15) is 0 Å². The second-order valence-corrected chi connectivity index (χ2v) is 27.9. The fourth-order valence-electron chi connectivity index (χ4n) is 0.605. The summed E-state index contributed by atoms with van der Waals surface area (Å²) >= 11 is 4.04. The molecule has 0 aromatic carbocycles. The quantitative estimate of drug-likeness (QED) is 0.520. The van der Waals surface area contributed by atoms with Crippen molar-refractivity contribution in [3.63, 3.8) is 0 Å². The van der Waals surface area contributed by atoms with Gasteiger partial charge < -0.3 is 0 Å². The molecule has 0 aliphatic carbocycles. The van der Waals surface area contributed by atoms with Crippen molar-refractivity contribution in [2.45, 2.75) is 18.2 Å². The minimum absolute atomic E-state index is 0.878. The van der Waals surface area contributed by atoms with Crippen LogP contribution in [0.25, 0.3) is 0 Å². The third kappa shape index (κ3) is 6.70. The number of hydrogen-bond acceptors (Lipinski definition) is 0. The molecule has 0 unspecified atom stereocenters. The van der Waals surface area contributed by atoms with Crippen LogP contribution in [0.15, 0.2) is 23.2 Å². The summed E-state index contributed by atoms with van der Waals surface area (Å²) in [6, 6.07) is 0. The predicted octanol–water partition coefficient (Wildman–Crippen LogP) is 0.830. The van der Waals surface area contributed by atoms with Gasteiger partial charge in [0, 0.05) is 0 Å². The molecule has 0 saturated heterocycles. The Morgan fingerprint density at radius 2 is 2.09 bits per heavy atom. The molecule has 0 fully saturated rings. The zero-order valence-corrected chi connectivity index (χ0v) is 12.9. The van der Waals surface area contributed by atoms with E-state index in [4.69, 9.17) is 0 Å². The third-order valence-corrected chi connectivity index (χ3v) is 38.0. The Balaban J connectivity index is 2.22. The van der Waals surface area contributed by atoms with E-state index in [1.807, 2.05) is 0 Å². The van der Waals surface area contributed by atoms with E-state index in [1.165, 1.54) is 18.2 Å². The van der Waals surface area contributed by atoms with Crippen molar-refractivity contribution < 1.29 is 0 Å². The van der Waals surface area contributed by atoms with Crippen molar-refractivity contribution in [1.82, 2.24) is 0 Å². The molecule has 1 aliphatic rings. The molecule has 1 rings (SSSR count). The van der Waals surface area contributed by atoms with E-state index >= 15 is 0 Å². The molecule has 0 saturated carbocycles. The van der Waals surface area contributed by atoms with Gasteiger partial charge in [0.1, 0.15) is 0 Å². The Morgan fingerprint density at radius 3 is 3.09 bits per heavy atom. The van der Waals surface area contributed by atoms with E-state index in [0.717, 1.165) is 48.9 Å². The summed E-state index contributed by atoms with van der Waals surface area (Å²) in [5.41, 5.74) is 0. The van der Waals surface area contributed by atoms with Crippen LogP contribution in [-0.4, -0.2) is 48.9 Å². The Hall–Kier alpha value is 1.56. The molecule has 0 aromatic heterocycles. The van der Waals surface area contributed by atoms with Crippen LogP contribution >= 0.6 is 0 Å². The second-order valence-electron chi connectivity index (χ2n) is 1.95. The van der Waals surface area contributed by atoms with E-state index in [0.29, 0.717) is 0 Å². The summed E-state index contributed by atoms with van der Waals surface area (Å²) in [7, 11) is 0. The number of hydrogen-bond donors (Lipinski definition) is 0. The molecule has 0 amide bonds. The fraction of sp³-hybridized carbons (Fsp3) is 0.429.